The van der Waals surface area contributed by atoms with Crippen LogP contribution in [0.15, 0.2) is 40.6 Å². The van der Waals surface area contributed by atoms with E-state index in [-0.39, 0.29) is 6.04 Å². The van der Waals surface area contributed by atoms with Crippen molar-refractivity contribution in [1.29, 1.82) is 0 Å². The lowest BCUT2D eigenvalue weighted by Crippen LogP contribution is -2.17. The van der Waals surface area contributed by atoms with Crippen molar-refractivity contribution in [2.24, 2.45) is 0 Å². The molecule has 5 heteroatoms. The zero-order valence-corrected chi connectivity index (χ0v) is 12.0. The van der Waals surface area contributed by atoms with Crippen LogP contribution in [0.2, 0.25) is 5.02 Å². The zero-order chi connectivity index (χ0) is 13.0. The molecule has 0 fully saturated rings. The van der Waals surface area contributed by atoms with Gasteiger partial charge in [-0.05, 0) is 31.2 Å². The van der Waals surface area contributed by atoms with Gasteiger partial charge in [-0.15, -0.1) is 0 Å². The van der Waals surface area contributed by atoms with Gasteiger partial charge < -0.3 is 10.3 Å². The first-order valence-electron chi connectivity index (χ1n) is 5.90. The van der Waals surface area contributed by atoms with Gasteiger partial charge in [0.15, 0.2) is 5.16 Å². The van der Waals surface area contributed by atoms with E-state index >= 15 is 0 Å². The predicted molar refractivity (Wildman–Crippen MR) is 76.3 cm³/mol. The number of nitrogens with one attached hydrogen (secondary N) is 2. The molecule has 0 bridgehead atoms. The van der Waals surface area contributed by atoms with Crippen LogP contribution >= 0.6 is 23.4 Å². The van der Waals surface area contributed by atoms with Crippen LogP contribution in [0, 0.1) is 0 Å². The van der Waals surface area contributed by atoms with Gasteiger partial charge in [-0.2, -0.15) is 0 Å². The summed E-state index contributed by atoms with van der Waals surface area (Å²) in [5.74, 6) is 0. The quantitative estimate of drug-likeness (QED) is 0.874. The first-order valence-corrected chi connectivity index (χ1v) is 7.10. The lowest BCUT2D eigenvalue weighted by atomic mass is 10.1. The van der Waals surface area contributed by atoms with Gasteiger partial charge in [0.2, 0.25) is 0 Å². The summed E-state index contributed by atoms with van der Waals surface area (Å²) >= 11 is 7.89. The van der Waals surface area contributed by atoms with Crippen molar-refractivity contribution in [2.45, 2.75) is 29.9 Å². The summed E-state index contributed by atoms with van der Waals surface area (Å²) in [5, 5.41) is 5.02. The molecular weight excluding hydrogens is 266 g/mol. The van der Waals surface area contributed by atoms with Crippen LogP contribution in [-0.2, 0) is 0 Å². The molecule has 18 heavy (non-hydrogen) atoms. The lowest BCUT2D eigenvalue weighted by Gasteiger charge is -2.14. The third-order valence-electron chi connectivity index (χ3n) is 2.64. The van der Waals surface area contributed by atoms with Crippen molar-refractivity contribution in [3.05, 3.63) is 41.2 Å². The van der Waals surface area contributed by atoms with Crippen LogP contribution < -0.4 is 5.32 Å². The highest BCUT2D eigenvalue weighted by atomic mass is 35.5. The Bertz CT molecular complexity index is 499. The maximum atomic E-state index is 6.32. The average Bonchev–Trinajstić information content (AvgIpc) is 2.82. The first kappa shape index (κ1) is 13.5. The van der Waals surface area contributed by atoms with E-state index in [9.17, 15) is 0 Å². The molecular formula is C13H16ClN3S. The fourth-order valence-electron chi connectivity index (χ4n) is 1.76. The second-order valence-corrected chi connectivity index (χ2v) is 5.43. The van der Waals surface area contributed by atoms with Crippen LogP contribution in [0.5, 0.6) is 0 Å². The highest BCUT2D eigenvalue weighted by Crippen LogP contribution is 2.31. The van der Waals surface area contributed by atoms with Gasteiger partial charge in [0, 0.05) is 28.4 Å². The van der Waals surface area contributed by atoms with E-state index in [1.165, 1.54) is 0 Å². The van der Waals surface area contributed by atoms with Gasteiger partial charge in [0.1, 0.15) is 0 Å². The van der Waals surface area contributed by atoms with Crippen molar-refractivity contribution < 1.29 is 0 Å². The van der Waals surface area contributed by atoms with Crippen LogP contribution in [0.1, 0.15) is 25.5 Å². The summed E-state index contributed by atoms with van der Waals surface area (Å²) in [5.41, 5.74) is 1.13. The fraction of sp³-hybridized carbons (Fsp3) is 0.308. The number of rotatable bonds is 5. The molecule has 96 valence electrons. The highest BCUT2D eigenvalue weighted by molar-refractivity contribution is 7.99. The molecule has 1 aromatic carbocycles. The second-order valence-electron chi connectivity index (χ2n) is 3.96. The number of H-pyrrole nitrogens is 1. The maximum Gasteiger partial charge on any atom is 0.170 e. The van der Waals surface area contributed by atoms with Crippen molar-refractivity contribution >= 4 is 23.4 Å². The van der Waals surface area contributed by atoms with Gasteiger partial charge >= 0.3 is 0 Å². The summed E-state index contributed by atoms with van der Waals surface area (Å²) in [6.07, 6.45) is 3.55. The highest BCUT2D eigenvalue weighted by Gasteiger charge is 2.09. The smallest absolute Gasteiger partial charge is 0.170 e. The molecule has 2 N–H and O–H groups in total. The monoisotopic (exact) mass is 281 g/mol. The van der Waals surface area contributed by atoms with Gasteiger partial charge in [-0.1, -0.05) is 36.4 Å². The Hall–Kier alpha value is -0.970. The molecule has 0 aliphatic rings. The Labute approximate surface area is 116 Å². The molecule has 1 unspecified atom stereocenters. The third kappa shape index (κ3) is 3.28. The van der Waals surface area contributed by atoms with E-state index < -0.39 is 0 Å². The summed E-state index contributed by atoms with van der Waals surface area (Å²) in [7, 11) is 0. The molecule has 0 amide bonds. The van der Waals surface area contributed by atoms with Crippen LogP contribution in [0.25, 0.3) is 0 Å². The van der Waals surface area contributed by atoms with E-state index in [0.29, 0.717) is 0 Å². The number of aromatic nitrogens is 2. The third-order valence-corrected chi connectivity index (χ3v) is 3.87. The minimum Gasteiger partial charge on any atom is -0.339 e. The Morgan fingerprint density at radius 3 is 2.94 bits per heavy atom. The molecule has 0 radical (unpaired) electrons. The predicted octanol–water partition coefficient (Wildman–Crippen LogP) is 3.88. The molecule has 2 rings (SSSR count). The minimum absolute atomic E-state index is 0.269. The Balaban J connectivity index is 2.14. The number of hydrogen-bond acceptors (Lipinski definition) is 3. The average molecular weight is 282 g/mol. The number of benzene rings is 1. The number of nitrogens with zero attached hydrogens (tertiary/aromatic N) is 1. The van der Waals surface area contributed by atoms with E-state index in [1.54, 1.807) is 18.0 Å². The van der Waals surface area contributed by atoms with Crippen LogP contribution in [0.3, 0.4) is 0 Å². The van der Waals surface area contributed by atoms with Crippen molar-refractivity contribution in [3.63, 3.8) is 0 Å². The van der Waals surface area contributed by atoms with Crippen molar-refractivity contribution in [2.75, 3.05) is 6.54 Å². The van der Waals surface area contributed by atoms with Gasteiger partial charge in [-0.25, -0.2) is 4.98 Å². The number of aromatic amines is 1. The van der Waals surface area contributed by atoms with E-state index in [2.05, 4.69) is 41.3 Å². The molecule has 1 heterocycles. The van der Waals surface area contributed by atoms with E-state index in [0.717, 1.165) is 27.2 Å². The Morgan fingerprint density at radius 2 is 2.33 bits per heavy atom. The molecule has 0 saturated heterocycles. The molecule has 0 spiro atoms. The largest absolute Gasteiger partial charge is 0.339 e. The van der Waals surface area contributed by atoms with Gasteiger partial charge in [0.05, 0.1) is 0 Å². The maximum absolute atomic E-state index is 6.32. The molecule has 3 nitrogen and oxygen atoms in total. The Kier molecular flexibility index (Phi) is 4.69. The molecule has 0 saturated carbocycles. The van der Waals surface area contributed by atoms with E-state index in [1.807, 2.05) is 12.3 Å². The van der Waals surface area contributed by atoms with Crippen LogP contribution in [0.4, 0.5) is 0 Å². The summed E-state index contributed by atoms with van der Waals surface area (Å²) < 4.78 is 0. The Morgan fingerprint density at radius 1 is 1.50 bits per heavy atom. The zero-order valence-electron chi connectivity index (χ0n) is 10.4. The first-order chi connectivity index (χ1) is 8.70. The van der Waals surface area contributed by atoms with Crippen molar-refractivity contribution in [1.82, 2.24) is 15.3 Å². The summed E-state index contributed by atoms with van der Waals surface area (Å²) in [4.78, 5) is 8.32. The summed E-state index contributed by atoms with van der Waals surface area (Å²) in [6, 6.07) is 6.39. The van der Waals surface area contributed by atoms with Crippen molar-refractivity contribution in [3.8, 4) is 0 Å². The van der Waals surface area contributed by atoms with Crippen LogP contribution in [-0.4, -0.2) is 16.5 Å². The topological polar surface area (TPSA) is 40.7 Å². The van der Waals surface area contributed by atoms with Gasteiger partial charge in [-0.3, -0.25) is 0 Å². The lowest BCUT2D eigenvalue weighted by molar-refractivity contribution is 0.598. The minimum atomic E-state index is 0.269. The molecule has 0 aliphatic carbocycles. The number of hydrogen-bond donors (Lipinski definition) is 2. The SMILES string of the molecule is CCNC(C)c1ccc(Sc2ncc[nH]2)cc1Cl. The molecule has 1 aromatic heterocycles. The number of imidazole rings is 1. The number of halogens is 1. The summed E-state index contributed by atoms with van der Waals surface area (Å²) in [6.45, 7) is 5.13. The molecule has 0 aliphatic heterocycles. The fourth-order valence-corrected chi connectivity index (χ4v) is 2.94. The standard InChI is InChI=1S/C13H16ClN3S/c1-3-15-9(2)11-5-4-10(8-12(11)14)18-13-16-6-7-17-13/h4-9,15H,3H2,1-2H3,(H,16,17). The van der Waals surface area contributed by atoms with Gasteiger partial charge in [0.25, 0.3) is 0 Å². The molecule has 2 aromatic rings. The normalized spacial score (nSPS) is 12.6. The second kappa shape index (κ2) is 6.27. The molecule has 1 atom stereocenters. The van der Waals surface area contributed by atoms with E-state index in [4.69, 9.17) is 11.6 Å².